The van der Waals surface area contributed by atoms with Crippen molar-refractivity contribution in [1.29, 1.82) is 0 Å². The molecule has 1 aromatic heterocycles. The Morgan fingerprint density at radius 2 is 2.10 bits per heavy atom. The quantitative estimate of drug-likeness (QED) is 0.936. The van der Waals surface area contributed by atoms with Gasteiger partial charge in [-0.25, -0.2) is 4.39 Å². The highest BCUT2D eigenvalue weighted by atomic mass is 32.1. The largest absolute Gasteiger partial charge is 0.316 e. The summed E-state index contributed by atoms with van der Waals surface area (Å²) in [5.41, 5.74) is 2.84. The van der Waals surface area contributed by atoms with Crippen LogP contribution in [-0.4, -0.2) is 10.9 Å². The van der Waals surface area contributed by atoms with Gasteiger partial charge in [-0.3, -0.25) is 9.78 Å². The van der Waals surface area contributed by atoms with Gasteiger partial charge in [-0.15, -0.1) is 11.3 Å². The molecule has 3 nitrogen and oxygen atoms in total. The van der Waals surface area contributed by atoms with Gasteiger partial charge in [-0.2, -0.15) is 0 Å². The molecule has 0 atom stereocenters. The predicted octanol–water partition coefficient (Wildman–Crippen LogP) is 3.49. The first-order chi connectivity index (χ1) is 9.70. The number of hydrogen-bond acceptors (Lipinski definition) is 3. The Kier molecular flexibility index (Phi) is 3.78. The van der Waals surface area contributed by atoms with Crippen LogP contribution in [0.5, 0.6) is 0 Å². The third-order valence-electron chi connectivity index (χ3n) is 3.72. The van der Waals surface area contributed by atoms with E-state index < -0.39 is 0 Å². The Morgan fingerprint density at radius 1 is 1.35 bits per heavy atom. The van der Waals surface area contributed by atoms with Gasteiger partial charge in [-0.05, 0) is 42.9 Å². The van der Waals surface area contributed by atoms with E-state index in [1.54, 1.807) is 11.7 Å². The van der Waals surface area contributed by atoms with Gasteiger partial charge in [-0.1, -0.05) is 12.1 Å². The van der Waals surface area contributed by atoms with Crippen molar-refractivity contribution in [2.24, 2.45) is 11.8 Å². The summed E-state index contributed by atoms with van der Waals surface area (Å²) in [6.45, 7) is 0. The van der Waals surface area contributed by atoms with E-state index in [0.717, 1.165) is 29.8 Å². The van der Waals surface area contributed by atoms with Crippen molar-refractivity contribution in [3.8, 4) is 0 Å². The molecule has 2 aromatic rings. The summed E-state index contributed by atoms with van der Waals surface area (Å²) < 4.78 is 12.8. The van der Waals surface area contributed by atoms with Gasteiger partial charge in [0.2, 0.25) is 5.91 Å². The predicted molar refractivity (Wildman–Crippen MR) is 77.1 cm³/mol. The number of hydrogen-bond donors (Lipinski definition) is 1. The van der Waals surface area contributed by atoms with Gasteiger partial charge >= 0.3 is 0 Å². The average molecular weight is 290 g/mol. The van der Waals surface area contributed by atoms with Crippen LogP contribution in [-0.2, 0) is 11.2 Å². The Morgan fingerprint density at radius 3 is 2.75 bits per heavy atom. The standard InChI is InChI=1S/C15H15FN2OS/c16-13-3-1-10(2-4-13)5-11-6-12(7-11)15(19)18-14-8-17-9-20-14/h1-4,8-9,11-12H,5-7H2,(H,18,19). The first-order valence-electron chi connectivity index (χ1n) is 6.64. The highest BCUT2D eigenvalue weighted by Crippen LogP contribution is 2.37. The van der Waals surface area contributed by atoms with Gasteiger partial charge in [0, 0.05) is 5.92 Å². The summed E-state index contributed by atoms with van der Waals surface area (Å²) in [5.74, 6) is 0.508. The number of nitrogens with one attached hydrogen (secondary N) is 1. The van der Waals surface area contributed by atoms with E-state index in [1.807, 2.05) is 12.1 Å². The number of anilines is 1. The van der Waals surface area contributed by atoms with Crippen LogP contribution in [0.4, 0.5) is 9.39 Å². The number of carbonyl (C=O) groups is 1. The van der Waals surface area contributed by atoms with Crippen molar-refractivity contribution >= 4 is 22.2 Å². The summed E-state index contributed by atoms with van der Waals surface area (Å²) in [5, 5.41) is 3.69. The molecular formula is C15H15FN2OS. The third-order valence-corrected chi connectivity index (χ3v) is 4.41. The first-order valence-corrected chi connectivity index (χ1v) is 7.52. The fourth-order valence-electron chi connectivity index (χ4n) is 2.57. The number of amides is 1. The molecule has 1 aromatic carbocycles. The molecule has 104 valence electrons. The number of thiazole rings is 1. The minimum Gasteiger partial charge on any atom is -0.316 e. The Labute approximate surface area is 120 Å². The molecule has 0 radical (unpaired) electrons. The zero-order valence-electron chi connectivity index (χ0n) is 10.9. The Hall–Kier alpha value is -1.75. The van der Waals surface area contributed by atoms with E-state index in [4.69, 9.17) is 0 Å². The lowest BCUT2D eigenvalue weighted by Crippen LogP contribution is -2.35. The summed E-state index contributed by atoms with van der Waals surface area (Å²) in [7, 11) is 0. The first kappa shape index (κ1) is 13.2. The topological polar surface area (TPSA) is 42.0 Å². The maximum atomic E-state index is 12.8. The second-order valence-electron chi connectivity index (χ2n) is 5.22. The fraction of sp³-hybridized carbons (Fsp3) is 0.333. The van der Waals surface area contributed by atoms with Crippen LogP contribution in [0.15, 0.2) is 36.0 Å². The number of benzene rings is 1. The zero-order chi connectivity index (χ0) is 13.9. The van der Waals surface area contributed by atoms with Crippen LogP contribution >= 0.6 is 11.3 Å². The van der Waals surface area contributed by atoms with Crippen LogP contribution in [0.2, 0.25) is 0 Å². The molecule has 0 aliphatic heterocycles. The minimum atomic E-state index is -0.204. The van der Waals surface area contributed by atoms with Crippen molar-refractivity contribution in [3.63, 3.8) is 0 Å². The van der Waals surface area contributed by atoms with E-state index in [9.17, 15) is 9.18 Å². The van der Waals surface area contributed by atoms with Crippen LogP contribution in [0.3, 0.4) is 0 Å². The molecule has 1 fully saturated rings. The number of nitrogens with zero attached hydrogens (tertiary/aromatic N) is 1. The normalized spacial score (nSPS) is 21.2. The second kappa shape index (κ2) is 5.71. The molecule has 0 unspecified atom stereocenters. The van der Waals surface area contributed by atoms with E-state index in [1.165, 1.54) is 23.5 Å². The lowest BCUT2D eigenvalue weighted by atomic mass is 9.72. The lowest BCUT2D eigenvalue weighted by Gasteiger charge is -2.34. The van der Waals surface area contributed by atoms with E-state index >= 15 is 0 Å². The maximum Gasteiger partial charge on any atom is 0.228 e. The molecule has 1 aliphatic rings. The van der Waals surface area contributed by atoms with E-state index in [0.29, 0.717) is 5.92 Å². The van der Waals surface area contributed by atoms with Crippen molar-refractivity contribution in [2.75, 3.05) is 5.32 Å². The van der Waals surface area contributed by atoms with E-state index in [-0.39, 0.29) is 17.6 Å². The number of aromatic nitrogens is 1. The fourth-order valence-corrected chi connectivity index (χ4v) is 3.09. The summed E-state index contributed by atoms with van der Waals surface area (Å²) in [4.78, 5) is 15.9. The molecule has 1 N–H and O–H groups in total. The van der Waals surface area contributed by atoms with Crippen molar-refractivity contribution in [1.82, 2.24) is 4.98 Å². The van der Waals surface area contributed by atoms with Crippen LogP contribution in [0.25, 0.3) is 0 Å². The molecule has 20 heavy (non-hydrogen) atoms. The highest BCUT2D eigenvalue weighted by Gasteiger charge is 2.34. The lowest BCUT2D eigenvalue weighted by molar-refractivity contribution is -0.123. The second-order valence-corrected chi connectivity index (χ2v) is 6.11. The molecule has 0 bridgehead atoms. The van der Waals surface area contributed by atoms with Gasteiger partial charge < -0.3 is 5.32 Å². The smallest absolute Gasteiger partial charge is 0.228 e. The summed E-state index contributed by atoms with van der Waals surface area (Å²) >= 11 is 1.43. The Bertz CT molecular complexity index is 576. The maximum absolute atomic E-state index is 12.8. The van der Waals surface area contributed by atoms with Crippen LogP contribution in [0, 0.1) is 17.7 Å². The SMILES string of the molecule is O=C(Nc1cncs1)C1CC(Cc2ccc(F)cc2)C1. The van der Waals surface area contributed by atoms with Crippen molar-refractivity contribution in [3.05, 3.63) is 47.4 Å². The third kappa shape index (κ3) is 3.04. The molecule has 1 heterocycles. The van der Waals surface area contributed by atoms with Crippen LogP contribution in [0.1, 0.15) is 18.4 Å². The molecule has 1 amide bonds. The van der Waals surface area contributed by atoms with Gasteiger partial charge in [0.25, 0.3) is 0 Å². The number of rotatable bonds is 4. The average Bonchev–Trinajstić information content (AvgIpc) is 2.88. The summed E-state index contributed by atoms with van der Waals surface area (Å²) in [6.07, 6.45) is 4.39. The van der Waals surface area contributed by atoms with Crippen LogP contribution < -0.4 is 5.32 Å². The van der Waals surface area contributed by atoms with Crippen molar-refractivity contribution in [2.45, 2.75) is 19.3 Å². The zero-order valence-corrected chi connectivity index (χ0v) is 11.7. The number of halogens is 1. The molecule has 3 rings (SSSR count). The van der Waals surface area contributed by atoms with Gasteiger partial charge in [0.1, 0.15) is 10.8 Å². The van der Waals surface area contributed by atoms with Gasteiger partial charge in [0.05, 0.1) is 11.7 Å². The summed E-state index contributed by atoms with van der Waals surface area (Å²) in [6, 6.07) is 6.62. The molecule has 1 aliphatic carbocycles. The molecular weight excluding hydrogens is 275 g/mol. The monoisotopic (exact) mass is 290 g/mol. The minimum absolute atomic E-state index is 0.0876. The number of carbonyl (C=O) groups excluding carboxylic acids is 1. The molecule has 5 heteroatoms. The van der Waals surface area contributed by atoms with Gasteiger partial charge in [0.15, 0.2) is 0 Å². The molecule has 1 saturated carbocycles. The molecule has 0 saturated heterocycles. The Balaban J connectivity index is 1.46. The molecule has 0 spiro atoms. The van der Waals surface area contributed by atoms with E-state index in [2.05, 4.69) is 10.3 Å². The highest BCUT2D eigenvalue weighted by molar-refractivity contribution is 7.13. The van der Waals surface area contributed by atoms with Crippen molar-refractivity contribution < 1.29 is 9.18 Å².